The third kappa shape index (κ3) is 5.52. The number of carbonyl (C=O) groups is 1. The van der Waals surface area contributed by atoms with Crippen molar-refractivity contribution >= 4 is 5.78 Å². The fourth-order valence-corrected chi connectivity index (χ4v) is 3.41. The summed E-state index contributed by atoms with van der Waals surface area (Å²) in [5.74, 6) is 0.447. The molecule has 1 N–H and O–H groups in total. The third-order valence-corrected chi connectivity index (χ3v) is 5.02. The van der Waals surface area contributed by atoms with Crippen molar-refractivity contribution in [1.82, 2.24) is 0 Å². The smallest absolute Gasteiger partial charge is 0.167 e. The number of nitrogens with zero attached hydrogens (tertiary/aromatic N) is 1. The second-order valence-electron chi connectivity index (χ2n) is 8.93. The molecule has 4 heteroatoms. The molecule has 0 aliphatic rings. The first kappa shape index (κ1) is 22.1. The lowest BCUT2D eigenvalue weighted by atomic mass is 9.87. The molecule has 3 aromatic rings. The summed E-state index contributed by atoms with van der Waals surface area (Å²) in [4.78, 5) is 12.5. The normalized spacial score (nSPS) is 11.1. The molecule has 0 bridgehead atoms. The average Bonchev–Trinajstić information content (AvgIpc) is 2.73. The summed E-state index contributed by atoms with van der Waals surface area (Å²) in [6.07, 6.45) is 0.361. The van der Waals surface area contributed by atoms with E-state index in [1.54, 1.807) is 25.1 Å². The molecule has 0 unspecified atom stereocenters. The molecule has 3 rings (SSSR count). The van der Waals surface area contributed by atoms with Gasteiger partial charge in [-0.15, -0.1) is 0 Å². The fraction of sp³-hybridized carbons (Fsp3) is 0.259. The number of hydrogen-bond donors (Lipinski definition) is 1. The van der Waals surface area contributed by atoms with Crippen LogP contribution in [-0.4, -0.2) is 10.9 Å². The number of Topliss-reactive ketones (excluding diaryl/α,β-unsaturated/α-hetero) is 1. The molecule has 4 nitrogen and oxygen atoms in total. The predicted molar refractivity (Wildman–Crippen MR) is 122 cm³/mol. The molecular formula is C27H27NO3. The Morgan fingerprint density at radius 3 is 2.39 bits per heavy atom. The van der Waals surface area contributed by atoms with Gasteiger partial charge in [-0.1, -0.05) is 51.1 Å². The lowest BCUT2D eigenvalue weighted by Gasteiger charge is -2.18. The predicted octanol–water partition coefficient (Wildman–Crippen LogP) is 6.44. The number of benzene rings is 3. The van der Waals surface area contributed by atoms with Gasteiger partial charge in [0.25, 0.3) is 0 Å². The molecule has 31 heavy (non-hydrogen) atoms. The van der Waals surface area contributed by atoms with Crippen LogP contribution in [0.4, 0.5) is 0 Å². The summed E-state index contributed by atoms with van der Waals surface area (Å²) in [7, 11) is 0. The minimum Gasteiger partial charge on any atom is -0.507 e. The number of carbonyl (C=O) groups excluding carboxylic acids is 1. The van der Waals surface area contributed by atoms with Crippen LogP contribution in [0.15, 0.2) is 60.7 Å². The highest BCUT2D eigenvalue weighted by molar-refractivity contribution is 5.99. The van der Waals surface area contributed by atoms with Crippen LogP contribution in [0.2, 0.25) is 0 Å². The number of nitriles is 1. The van der Waals surface area contributed by atoms with Crippen LogP contribution in [0.5, 0.6) is 11.5 Å². The Labute approximate surface area is 183 Å². The Bertz CT molecular complexity index is 1150. The Balaban J connectivity index is 1.77. The van der Waals surface area contributed by atoms with Crippen LogP contribution in [-0.2, 0) is 6.61 Å². The first-order valence-corrected chi connectivity index (χ1v) is 10.3. The molecule has 3 aromatic carbocycles. The summed E-state index contributed by atoms with van der Waals surface area (Å²) < 4.78 is 5.95. The van der Waals surface area contributed by atoms with Crippen molar-refractivity contribution < 1.29 is 14.6 Å². The first-order valence-electron chi connectivity index (χ1n) is 10.3. The molecular weight excluding hydrogens is 386 g/mol. The SMILES string of the molecule is Cc1c(OCc2cccc(-c3cccc(C#N)c3)c2)ccc(C(=O)CC(C)(C)C)c1O. The van der Waals surface area contributed by atoms with Crippen molar-refractivity contribution in [2.45, 2.75) is 40.7 Å². The van der Waals surface area contributed by atoms with E-state index in [1.807, 2.05) is 63.2 Å². The quantitative estimate of drug-likeness (QED) is 0.472. The number of rotatable bonds is 6. The molecule has 0 fully saturated rings. The highest BCUT2D eigenvalue weighted by atomic mass is 16.5. The van der Waals surface area contributed by atoms with Gasteiger partial charge < -0.3 is 9.84 Å². The second-order valence-corrected chi connectivity index (χ2v) is 8.93. The van der Waals surface area contributed by atoms with Gasteiger partial charge in [-0.25, -0.2) is 0 Å². The maximum Gasteiger partial charge on any atom is 0.167 e. The van der Waals surface area contributed by atoms with Crippen molar-refractivity contribution in [3.05, 3.63) is 82.9 Å². The summed E-state index contributed by atoms with van der Waals surface area (Å²) in [6.45, 7) is 8.06. The maximum absolute atomic E-state index is 12.5. The van der Waals surface area contributed by atoms with Gasteiger partial charge in [-0.05, 0) is 59.4 Å². The summed E-state index contributed by atoms with van der Waals surface area (Å²) in [5, 5.41) is 19.7. The minimum atomic E-state index is -0.148. The molecule has 0 radical (unpaired) electrons. The first-order chi connectivity index (χ1) is 14.7. The topological polar surface area (TPSA) is 70.3 Å². The van der Waals surface area contributed by atoms with Gasteiger partial charge in [-0.2, -0.15) is 5.26 Å². The van der Waals surface area contributed by atoms with Gasteiger partial charge in [0.15, 0.2) is 5.78 Å². The van der Waals surface area contributed by atoms with E-state index in [-0.39, 0.29) is 16.9 Å². The molecule has 0 heterocycles. The Morgan fingerprint density at radius 2 is 1.71 bits per heavy atom. The number of aromatic hydroxyl groups is 1. The summed E-state index contributed by atoms with van der Waals surface area (Å²) >= 11 is 0. The van der Waals surface area contributed by atoms with Crippen molar-refractivity contribution in [3.63, 3.8) is 0 Å². The Morgan fingerprint density at radius 1 is 1.03 bits per heavy atom. The molecule has 158 valence electrons. The van der Waals surface area contributed by atoms with E-state index < -0.39 is 0 Å². The zero-order valence-electron chi connectivity index (χ0n) is 18.4. The fourth-order valence-electron chi connectivity index (χ4n) is 3.41. The van der Waals surface area contributed by atoms with Crippen LogP contribution in [0.25, 0.3) is 11.1 Å². The third-order valence-electron chi connectivity index (χ3n) is 5.02. The molecule has 0 saturated heterocycles. The van der Waals surface area contributed by atoms with E-state index in [4.69, 9.17) is 10.00 Å². The van der Waals surface area contributed by atoms with Gasteiger partial charge in [0.1, 0.15) is 18.1 Å². The zero-order valence-corrected chi connectivity index (χ0v) is 18.4. The van der Waals surface area contributed by atoms with Crippen molar-refractivity contribution in [1.29, 1.82) is 5.26 Å². The van der Waals surface area contributed by atoms with Crippen molar-refractivity contribution in [3.8, 4) is 28.7 Å². The maximum atomic E-state index is 12.5. The summed E-state index contributed by atoms with van der Waals surface area (Å²) in [6, 6.07) is 20.9. The lowest BCUT2D eigenvalue weighted by Crippen LogP contribution is -2.13. The van der Waals surface area contributed by atoms with Crippen LogP contribution in [0.1, 0.15) is 54.2 Å². The number of ketones is 1. The Hall–Kier alpha value is -3.58. The highest BCUT2D eigenvalue weighted by Gasteiger charge is 2.21. The highest BCUT2D eigenvalue weighted by Crippen LogP contribution is 2.33. The van der Waals surface area contributed by atoms with Gasteiger partial charge in [0.2, 0.25) is 0 Å². The van der Waals surface area contributed by atoms with Crippen molar-refractivity contribution in [2.75, 3.05) is 0 Å². The van der Waals surface area contributed by atoms with Gasteiger partial charge in [-0.3, -0.25) is 4.79 Å². The molecule has 0 spiro atoms. The second kappa shape index (κ2) is 9.06. The molecule has 0 aliphatic heterocycles. The van der Waals surface area contributed by atoms with Crippen LogP contribution < -0.4 is 4.74 Å². The van der Waals surface area contributed by atoms with E-state index in [0.29, 0.717) is 35.5 Å². The van der Waals surface area contributed by atoms with Crippen LogP contribution >= 0.6 is 0 Å². The van der Waals surface area contributed by atoms with E-state index in [0.717, 1.165) is 16.7 Å². The molecule has 0 saturated carbocycles. The van der Waals surface area contributed by atoms with E-state index in [9.17, 15) is 9.90 Å². The number of hydrogen-bond acceptors (Lipinski definition) is 4. The van der Waals surface area contributed by atoms with Crippen LogP contribution in [0.3, 0.4) is 0 Å². The minimum absolute atomic E-state index is 0.0196. The lowest BCUT2D eigenvalue weighted by molar-refractivity contribution is 0.0937. The van der Waals surface area contributed by atoms with E-state index >= 15 is 0 Å². The monoisotopic (exact) mass is 413 g/mol. The molecule has 0 aliphatic carbocycles. The molecule has 0 atom stereocenters. The standard InChI is InChI=1S/C27H27NO3/c1-18-25(12-11-23(26(18)30)24(29)15-27(2,3)4)31-17-20-8-6-10-22(14-20)21-9-5-7-19(13-21)16-28/h5-14,30H,15,17H2,1-4H3. The van der Waals surface area contributed by atoms with E-state index in [1.165, 1.54) is 0 Å². The van der Waals surface area contributed by atoms with E-state index in [2.05, 4.69) is 6.07 Å². The van der Waals surface area contributed by atoms with Crippen LogP contribution in [0, 0.1) is 23.7 Å². The zero-order chi connectivity index (χ0) is 22.6. The summed E-state index contributed by atoms with van der Waals surface area (Å²) in [5.41, 5.74) is 4.29. The van der Waals surface area contributed by atoms with Gasteiger partial charge in [0, 0.05) is 12.0 Å². The molecule has 0 aromatic heterocycles. The largest absolute Gasteiger partial charge is 0.507 e. The Kier molecular flexibility index (Phi) is 6.46. The number of ether oxygens (including phenoxy) is 1. The number of phenolic OH excluding ortho intramolecular Hbond substituents is 1. The van der Waals surface area contributed by atoms with Gasteiger partial charge in [0.05, 0.1) is 17.2 Å². The molecule has 0 amide bonds. The van der Waals surface area contributed by atoms with Crippen molar-refractivity contribution in [2.24, 2.45) is 5.41 Å². The van der Waals surface area contributed by atoms with Gasteiger partial charge >= 0.3 is 0 Å². The average molecular weight is 414 g/mol. The number of phenols is 1.